The van der Waals surface area contributed by atoms with Gasteiger partial charge in [-0.1, -0.05) is 11.8 Å². The van der Waals surface area contributed by atoms with Crippen molar-refractivity contribution in [2.24, 2.45) is 0 Å². The highest BCUT2D eigenvalue weighted by Crippen LogP contribution is 2.23. The Kier molecular flexibility index (Phi) is 4.29. The van der Waals surface area contributed by atoms with Crippen LogP contribution >= 0.6 is 11.8 Å². The van der Waals surface area contributed by atoms with E-state index in [1.165, 1.54) is 36.7 Å². The molecular formula is C12H21N3S. The quantitative estimate of drug-likeness (QED) is 0.737. The van der Waals surface area contributed by atoms with Crippen molar-refractivity contribution in [3.05, 3.63) is 12.4 Å². The van der Waals surface area contributed by atoms with Gasteiger partial charge in [0.05, 0.1) is 0 Å². The number of imidazole rings is 1. The smallest absolute Gasteiger partial charge is 0.167 e. The van der Waals surface area contributed by atoms with Gasteiger partial charge in [-0.3, -0.25) is 0 Å². The van der Waals surface area contributed by atoms with Crippen LogP contribution in [0, 0.1) is 0 Å². The fourth-order valence-corrected chi connectivity index (χ4v) is 3.37. The molecule has 1 aliphatic heterocycles. The Labute approximate surface area is 102 Å². The summed E-state index contributed by atoms with van der Waals surface area (Å²) in [6.07, 6.45) is 7.99. The Bertz CT molecular complexity index is 324. The molecule has 0 N–H and O–H groups in total. The minimum Gasteiger partial charge on any atom is -0.326 e. The third-order valence-corrected chi connectivity index (χ3v) is 4.41. The number of aromatic nitrogens is 2. The largest absolute Gasteiger partial charge is 0.326 e. The molecule has 1 fully saturated rings. The normalized spacial score (nSPS) is 21.8. The molecule has 0 radical (unpaired) electrons. The Balaban J connectivity index is 1.75. The first kappa shape index (κ1) is 12.0. The van der Waals surface area contributed by atoms with Crippen LogP contribution in [0.25, 0.3) is 0 Å². The Hall–Kier alpha value is -0.480. The van der Waals surface area contributed by atoms with E-state index in [1.807, 2.05) is 18.0 Å². The molecule has 1 unspecified atom stereocenters. The van der Waals surface area contributed by atoms with E-state index in [0.29, 0.717) is 0 Å². The predicted octanol–water partition coefficient (Wildman–Crippen LogP) is 2.48. The van der Waals surface area contributed by atoms with Gasteiger partial charge in [0.25, 0.3) is 0 Å². The molecule has 0 bridgehead atoms. The van der Waals surface area contributed by atoms with Crippen molar-refractivity contribution in [3.63, 3.8) is 0 Å². The molecule has 0 amide bonds. The van der Waals surface area contributed by atoms with E-state index in [2.05, 4.69) is 34.6 Å². The average Bonchev–Trinajstić information content (AvgIpc) is 2.88. The SMILES string of the molecule is CCn1ccnc1SCCC1CCCN1C. The number of hydrogen-bond donors (Lipinski definition) is 0. The highest BCUT2D eigenvalue weighted by molar-refractivity contribution is 7.99. The monoisotopic (exact) mass is 239 g/mol. The molecular weight excluding hydrogens is 218 g/mol. The maximum atomic E-state index is 4.38. The molecule has 0 saturated carbocycles. The fraction of sp³-hybridized carbons (Fsp3) is 0.750. The molecule has 0 spiro atoms. The van der Waals surface area contributed by atoms with Crippen molar-refractivity contribution in [2.75, 3.05) is 19.3 Å². The first-order valence-electron chi connectivity index (χ1n) is 6.15. The summed E-state index contributed by atoms with van der Waals surface area (Å²) in [7, 11) is 2.25. The van der Waals surface area contributed by atoms with Gasteiger partial charge in [-0.15, -0.1) is 0 Å². The van der Waals surface area contributed by atoms with Gasteiger partial charge in [-0.05, 0) is 39.8 Å². The van der Waals surface area contributed by atoms with E-state index in [0.717, 1.165) is 12.6 Å². The van der Waals surface area contributed by atoms with Crippen LogP contribution in [0.3, 0.4) is 0 Å². The van der Waals surface area contributed by atoms with Gasteiger partial charge in [0, 0.05) is 30.7 Å². The Morgan fingerprint density at radius 2 is 2.44 bits per heavy atom. The van der Waals surface area contributed by atoms with Crippen LogP contribution in [0.4, 0.5) is 0 Å². The molecule has 1 aliphatic rings. The van der Waals surface area contributed by atoms with E-state index >= 15 is 0 Å². The number of hydrogen-bond acceptors (Lipinski definition) is 3. The van der Waals surface area contributed by atoms with Crippen LogP contribution < -0.4 is 0 Å². The van der Waals surface area contributed by atoms with Gasteiger partial charge in [-0.25, -0.2) is 4.98 Å². The molecule has 4 heteroatoms. The zero-order valence-corrected chi connectivity index (χ0v) is 11.0. The average molecular weight is 239 g/mol. The second-order valence-electron chi connectivity index (χ2n) is 4.41. The van der Waals surface area contributed by atoms with Crippen LogP contribution in [0.2, 0.25) is 0 Å². The van der Waals surface area contributed by atoms with E-state index < -0.39 is 0 Å². The summed E-state index contributed by atoms with van der Waals surface area (Å²) < 4.78 is 2.21. The first-order chi connectivity index (χ1) is 7.81. The Morgan fingerprint density at radius 3 is 3.12 bits per heavy atom. The Morgan fingerprint density at radius 1 is 1.56 bits per heavy atom. The minimum atomic E-state index is 0.803. The molecule has 1 saturated heterocycles. The van der Waals surface area contributed by atoms with Crippen LogP contribution in [0.5, 0.6) is 0 Å². The lowest BCUT2D eigenvalue weighted by Crippen LogP contribution is -2.25. The summed E-state index contributed by atoms with van der Waals surface area (Å²) in [5.74, 6) is 1.19. The van der Waals surface area contributed by atoms with Gasteiger partial charge in [-0.2, -0.15) is 0 Å². The van der Waals surface area contributed by atoms with Crippen molar-refractivity contribution in [2.45, 2.75) is 43.9 Å². The second-order valence-corrected chi connectivity index (χ2v) is 5.47. The first-order valence-corrected chi connectivity index (χ1v) is 7.14. The number of thioether (sulfide) groups is 1. The topological polar surface area (TPSA) is 21.1 Å². The van der Waals surface area contributed by atoms with Gasteiger partial charge in [0.2, 0.25) is 0 Å². The number of rotatable bonds is 5. The van der Waals surface area contributed by atoms with Gasteiger partial charge >= 0.3 is 0 Å². The highest BCUT2D eigenvalue weighted by atomic mass is 32.2. The van der Waals surface area contributed by atoms with Gasteiger partial charge in [0.15, 0.2) is 5.16 Å². The lowest BCUT2D eigenvalue weighted by Gasteiger charge is -2.18. The summed E-state index contributed by atoms with van der Waals surface area (Å²) in [5.41, 5.74) is 0. The number of likely N-dealkylation sites (tertiary alicyclic amines) is 1. The third kappa shape index (κ3) is 2.80. The second kappa shape index (κ2) is 5.73. The minimum absolute atomic E-state index is 0.803. The molecule has 2 rings (SSSR count). The standard InChI is InChI=1S/C12H21N3S/c1-3-15-9-7-13-12(15)16-10-6-11-5-4-8-14(11)2/h7,9,11H,3-6,8,10H2,1-2H3. The van der Waals surface area contributed by atoms with E-state index in [-0.39, 0.29) is 0 Å². The van der Waals surface area contributed by atoms with Crippen molar-refractivity contribution in [1.82, 2.24) is 14.5 Å². The van der Waals surface area contributed by atoms with Crippen LogP contribution in [0.15, 0.2) is 17.6 Å². The van der Waals surface area contributed by atoms with Crippen LogP contribution in [-0.2, 0) is 6.54 Å². The van der Waals surface area contributed by atoms with E-state index in [1.54, 1.807) is 0 Å². The molecule has 90 valence electrons. The molecule has 3 nitrogen and oxygen atoms in total. The molecule has 16 heavy (non-hydrogen) atoms. The van der Waals surface area contributed by atoms with E-state index in [4.69, 9.17) is 0 Å². The summed E-state index contributed by atoms with van der Waals surface area (Å²) in [4.78, 5) is 6.88. The molecule has 2 heterocycles. The maximum Gasteiger partial charge on any atom is 0.167 e. The van der Waals surface area contributed by atoms with Crippen molar-refractivity contribution >= 4 is 11.8 Å². The summed E-state index contributed by atoms with van der Waals surface area (Å²) in [6, 6.07) is 0.803. The zero-order chi connectivity index (χ0) is 11.4. The van der Waals surface area contributed by atoms with Crippen LogP contribution in [0.1, 0.15) is 26.2 Å². The summed E-state index contributed by atoms with van der Waals surface area (Å²) in [6.45, 7) is 4.46. The molecule has 0 aromatic carbocycles. The van der Waals surface area contributed by atoms with Crippen LogP contribution in [-0.4, -0.2) is 39.8 Å². The highest BCUT2D eigenvalue weighted by Gasteiger charge is 2.20. The maximum absolute atomic E-state index is 4.38. The summed E-state index contributed by atoms with van der Waals surface area (Å²) >= 11 is 1.89. The number of aryl methyl sites for hydroxylation is 1. The fourth-order valence-electron chi connectivity index (χ4n) is 2.31. The third-order valence-electron chi connectivity index (χ3n) is 3.37. The molecule has 1 aromatic rings. The van der Waals surface area contributed by atoms with Crippen molar-refractivity contribution in [1.29, 1.82) is 0 Å². The predicted molar refractivity (Wildman–Crippen MR) is 68.9 cm³/mol. The molecule has 0 aliphatic carbocycles. The van der Waals surface area contributed by atoms with Crippen molar-refractivity contribution in [3.8, 4) is 0 Å². The zero-order valence-electron chi connectivity index (χ0n) is 10.2. The molecule has 1 atom stereocenters. The van der Waals surface area contributed by atoms with E-state index in [9.17, 15) is 0 Å². The molecule has 1 aromatic heterocycles. The van der Waals surface area contributed by atoms with Gasteiger partial charge < -0.3 is 9.47 Å². The summed E-state index contributed by atoms with van der Waals surface area (Å²) in [5, 5.41) is 1.17. The lowest BCUT2D eigenvalue weighted by molar-refractivity contribution is 0.305. The van der Waals surface area contributed by atoms with Crippen molar-refractivity contribution < 1.29 is 0 Å². The lowest BCUT2D eigenvalue weighted by atomic mass is 10.2. The van der Waals surface area contributed by atoms with Gasteiger partial charge in [0.1, 0.15) is 0 Å². The number of nitrogens with zero attached hydrogens (tertiary/aromatic N) is 3.